The molecule has 1 aliphatic carbocycles. The van der Waals surface area contributed by atoms with Crippen molar-refractivity contribution < 1.29 is 4.79 Å². The van der Waals surface area contributed by atoms with Crippen LogP contribution in [0.4, 0.5) is 0 Å². The fourth-order valence-electron chi connectivity index (χ4n) is 4.38. The summed E-state index contributed by atoms with van der Waals surface area (Å²) in [4.78, 5) is 29.6. The molecule has 3 aromatic heterocycles. The van der Waals surface area contributed by atoms with Gasteiger partial charge in [-0.15, -0.1) is 0 Å². The molecule has 3 heterocycles. The van der Waals surface area contributed by atoms with Crippen LogP contribution >= 0.6 is 0 Å². The standard InChI is InChI=1S/C23H25N7O2/c1-28-22-18(13-25-28)23(32)29(15-24-22)11-10-21(31)27-19-8-5-9-20-17(19)12-26-30(20)14-16-6-3-2-4-7-16/h2-4,6-7,12-13,15,19H,5,8-11,14H2,1H3,(H,27,31). The van der Waals surface area contributed by atoms with Crippen molar-refractivity contribution in [1.29, 1.82) is 0 Å². The van der Waals surface area contributed by atoms with Crippen molar-refractivity contribution in [3.05, 3.63) is 76.2 Å². The lowest BCUT2D eigenvalue weighted by molar-refractivity contribution is -0.122. The zero-order valence-corrected chi connectivity index (χ0v) is 17.9. The Morgan fingerprint density at radius 2 is 2.03 bits per heavy atom. The molecule has 0 fully saturated rings. The molecule has 0 aliphatic heterocycles. The molecule has 0 saturated heterocycles. The van der Waals surface area contributed by atoms with Crippen molar-refractivity contribution in [3.8, 4) is 0 Å². The Balaban J connectivity index is 1.25. The average molecular weight is 432 g/mol. The number of nitrogens with zero attached hydrogens (tertiary/aromatic N) is 6. The fraction of sp³-hybridized carbons (Fsp3) is 0.348. The maximum atomic E-state index is 12.7. The second kappa shape index (κ2) is 8.41. The summed E-state index contributed by atoms with van der Waals surface area (Å²) in [6.07, 6.45) is 7.92. The summed E-state index contributed by atoms with van der Waals surface area (Å²) < 4.78 is 5.07. The SMILES string of the molecule is Cn1ncc2c(=O)n(CCC(=O)NC3CCCc4c3cnn4Cc3ccccc3)cnc21. The third-order valence-corrected chi connectivity index (χ3v) is 6.07. The quantitative estimate of drug-likeness (QED) is 0.503. The number of hydrogen-bond acceptors (Lipinski definition) is 5. The van der Waals surface area contributed by atoms with Crippen molar-refractivity contribution in [2.24, 2.45) is 7.05 Å². The van der Waals surface area contributed by atoms with E-state index in [9.17, 15) is 9.59 Å². The van der Waals surface area contributed by atoms with Gasteiger partial charge in [0.15, 0.2) is 5.65 Å². The van der Waals surface area contributed by atoms with E-state index in [1.54, 1.807) is 11.7 Å². The van der Waals surface area contributed by atoms with E-state index >= 15 is 0 Å². The Morgan fingerprint density at radius 3 is 2.88 bits per heavy atom. The first kappa shape index (κ1) is 20.2. The van der Waals surface area contributed by atoms with Crippen LogP contribution in [0.1, 0.15) is 42.1 Å². The van der Waals surface area contributed by atoms with E-state index < -0.39 is 0 Å². The van der Waals surface area contributed by atoms with Gasteiger partial charge in [-0.1, -0.05) is 30.3 Å². The van der Waals surface area contributed by atoms with Gasteiger partial charge in [0.2, 0.25) is 5.91 Å². The minimum atomic E-state index is -0.182. The van der Waals surface area contributed by atoms with Crippen LogP contribution in [0.3, 0.4) is 0 Å². The van der Waals surface area contributed by atoms with Gasteiger partial charge in [-0.2, -0.15) is 10.2 Å². The van der Waals surface area contributed by atoms with Gasteiger partial charge in [-0.05, 0) is 24.8 Å². The van der Waals surface area contributed by atoms with Crippen molar-refractivity contribution in [3.63, 3.8) is 0 Å². The average Bonchev–Trinajstić information content (AvgIpc) is 3.39. The van der Waals surface area contributed by atoms with Gasteiger partial charge in [-0.3, -0.25) is 23.5 Å². The first-order chi connectivity index (χ1) is 15.6. The van der Waals surface area contributed by atoms with Gasteiger partial charge in [0, 0.05) is 31.3 Å². The van der Waals surface area contributed by atoms with E-state index in [0.717, 1.165) is 31.4 Å². The molecule has 0 bridgehead atoms. The molecule has 164 valence electrons. The number of fused-ring (bicyclic) bond motifs is 2. The Hall–Kier alpha value is -3.75. The number of benzene rings is 1. The molecule has 9 heteroatoms. The third kappa shape index (κ3) is 3.81. The molecule has 0 spiro atoms. The molecule has 0 saturated carbocycles. The molecule has 1 aliphatic rings. The molecule has 9 nitrogen and oxygen atoms in total. The number of nitrogens with one attached hydrogen (secondary N) is 1. The minimum Gasteiger partial charge on any atom is -0.349 e. The first-order valence-electron chi connectivity index (χ1n) is 10.8. The van der Waals surface area contributed by atoms with E-state index in [-0.39, 0.29) is 30.5 Å². The van der Waals surface area contributed by atoms with Crippen molar-refractivity contribution >= 4 is 16.9 Å². The molecule has 5 rings (SSSR count). The van der Waals surface area contributed by atoms with Crippen LogP contribution in [-0.4, -0.2) is 35.0 Å². The van der Waals surface area contributed by atoms with E-state index in [1.807, 2.05) is 29.1 Å². The monoisotopic (exact) mass is 431 g/mol. The second-order valence-electron chi connectivity index (χ2n) is 8.20. The summed E-state index contributed by atoms with van der Waals surface area (Å²) in [6.45, 7) is 0.999. The highest BCUT2D eigenvalue weighted by Gasteiger charge is 2.25. The lowest BCUT2D eigenvalue weighted by atomic mass is 9.92. The molecule has 32 heavy (non-hydrogen) atoms. The molecule has 1 unspecified atom stereocenters. The molecule has 4 aromatic rings. The maximum Gasteiger partial charge on any atom is 0.264 e. The number of aryl methyl sites for hydroxylation is 2. The highest BCUT2D eigenvalue weighted by Crippen LogP contribution is 2.30. The van der Waals surface area contributed by atoms with Gasteiger partial charge in [0.05, 0.1) is 31.3 Å². The number of aromatic nitrogens is 6. The highest BCUT2D eigenvalue weighted by molar-refractivity contribution is 5.76. The van der Waals surface area contributed by atoms with E-state index in [0.29, 0.717) is 11.0 Å². The number of carbonyl (C=O) groups excluding carboxylic acids is 1. The number of hydrogen-bond donors (Lipinski definition) is 1. The summed E-state index contributed by atoms with van der Waals surface area (Å²) in [5.74, 6) is -0.0863. The molecular weight excluding hydrogens is 406 g/mol. The number of carbonyl (C=O) groups is 1. The van der Waals surface area contributed by atoms with Gasteiger partial charge >= 0.3 is 0 Å². The van der Waals surface area contributed by atoms with Gasteiger partial charge in [0.25, 0.3) is 5.56 Å². The van der Waals surface area contributed by atoms with Crippen LogP contribution < -0.4 is 10.9 Å². The van der Waals surface area contributed by atoms with Crippen molar-refractivity contribution in [1.82, 2.24) is 34.4 Å². The Kier molecular flexibility index (Phi) is 5.30. The van der Waals surface area contributed by atoms with Crippen LogP contribution in [0.25, 0.3) is 11.0 Å². The zero-order chi connectivity index (χ0) is 22.1. The van der Waals surface area contributed by atoms with Crippen molar-refractivity contribution in [2.75, 3.05) is 0 Å². The predicted molar refractivity (Wildman–Crippen MR) is 119 cm³/mol. The molecule has 0 radical (unpaired) electrons. The maximum absolute atomic E-state index is 12.7. The molecular formula is C23H25N7O2. The van der Waals surface area contributed by atoms with Gasteiger partial charge in [0.1, 0.15) is 5.39 Å². The summed E-state index contributed by atoms with van der Waals surface area (Å²) in [7, 11) is 1.74. The normalized spacial score (nSPS) is 15.6. The van der Waals surface area contributed by atoms with Gasteiger partial charge < -0.3 is 5.32 Å². The summed E-state index contributed by atoms with van der Waals surface area (Å²) >= 11 is 0. The van der Waals surface area contributed by atoms with Crippen molar-refractivity contribution in [2.45, 2.75) is 44.8 Å². The van der Waals surface area contributed by atoms with Crippen LogP contribution in [0.15, 0.2) is 53.8 Å². The topological polar surface area (TPSA) is 99.6 Å². The van der Waals surface area contributed by atoms with Gasteiger partial charge in [-0.25, -0.2) is 4.98 Å². The highest BCUT2D eigenvalue weighted by atomic mass is 16.2. The lowest BCUT2D eigenvalue weighted by Crippen LogP contribution is -2.32. The Bertz CT molecular complexity index is 1320. The predicted octanol–water partition coefficient (Wildman–Crippen LogP) is 1.96. The lowest BCUT2D eigenvalue weighted by Gasteiger charge is -2.24. The second-order valence-corrected chi connectivity index (χ2v) is 8.20. The molecule has 1 amide bonds. The van der Waals surface area contributed by atoms with E-state index in [1.165, 1.54) is 28.3 Å². The summed E-state index contributed by atoms with van der Waals surface area (Å²) in [5, 5.41) is 12.3. The largest absolute Gasteiger partial charge is 0.349 e. The summed E-state index contributed by atoms with van der Waals surface area (Å²) in [6, 6.07) is 10.2. The summed E-state index contributed by atoms with van der Waals surface area (Å²) in [5.41, 5.74) is 3.84. The molecule has 1 atom stereocenters. The molecule has 1 aromatic carbocycles. The number of amides is 1. The molecule has 1 N–H and O–H groups in total. The Labute approximate surface area is 184 Å². The third-order valence-electron chi connectivity index (χ3n) is 6.07. The minimum absolute atomic E-state index is 0.0496. The van der Waals surface area contributed by atoms with E-state index in [4.69, 9.17) is 0 Å². The van der Waals surface area contributed by atoms with Crippen LogP contribution in [-0.2, 0) is 31.4 Å². The van der Waals surface area contributed by atoms with Crippen LogP contribution in [0.2, 0.25) is 0 Å². The van der Waals surface area contributed by atoms with Crippen LogP contribution in [0, 0.1) is 0 Å². The first-order valence-corrected chi connectivity index (χ1v) is 10.8. The Morgan fingerprint density at radius 1 is 1.19 bits per heavy atom. The smallest absolute Gasteiger partial charge is 0.264 e. The van der Waals surface area contributed by atoms with E-state index in [2.05, 4.69) is 32.6 Å². The fourth-order valence-corrected chi connectivity index (χ4v) is 4.38. The van der Waals surface area contributed by atoms with Crippen LogP contribution in [0.5, 0.6) is 0 Å². The zero-order valence-electron chi connectivity index (χ0n) is 17.9. The number of rotatable bonds is 6.